The van der Waals surface area contributed by atoms with Gasteiger partial charge in [0.2, 0.25) is 0 Å². The van der Waals surface area contributed by atoms with E-state index >= 15 is 0 Å². The predicted octanol–water partition coefficient (Wildman–Crippen LogP) is 1.72. The third kappa shape index (κ3) is 1.53. The monoisotopic (exact) mass is 156 g/mol. The fraction of sp³-hybridized carbons (Fsp3) is 0.571. The van der Waals surface area contributed by atoms with Gasteiger partial charge in [0.05, 0.1) is 0 Å². The summed E-state index contributed by atoms with van der Waals surface area (Å²) < 4.78 is 1.99. The Labute approximate surface area is 66.7 Å². The summed E-state index contributed by atoms with van der Waals surface area (Å²) >= 11 is 4.18. The summed E-state index contributed by atoms with van der Waals surface area (Å²) in [5, 5.41) is 4.14. The van der Waals surface area contributed by atoms with Gasteiger partial charge in [-0.2, -0.15) is 17.7 Å². The summed E-state index contributed by atoms with van der Waals surface area (Å²) in [6.45, 7) is 3.15. The van der Waals surface area contributed by atoms with E-state index in [1.807, 2.05) is 16.9 Å². The number of nitrogens with zero attached hydrogens (tertiary/aromatic N) is 2. The van der Waals surface area contributed by atoms with Gasteiger partial charge >= 0.3 is 0 Å². The number of hydrogen-bond acceptors (Lipinski definition) is 2. The van der Waals surface area contributed by atoms with Crippen molar-refractivity contribution in [3.05, 3.63) is 18.0 Å². The minimum Gasteiger partial charge on any atom is -0.269 e. The molecule has 0 saturated heterocycles. The molecule has 1 aromatic rings. The van der Waals surface area contributed by atoms with Crippen LogP contribution in [0.1, 0.15) is 19.0 Å². The van der Waals surface area contributed by atoms with Crippen LogP contribution in [0.3, 0.4) is 0 Å². The number of aromatic nitrogens is 2. The average Bonchev–Trinajstić information content (AvgIpc) is 2.36. The Balaban J connectivity index is 2.70. The van der Waals surface area contributed by atoms with Gasteiger partial charge in [-0.25, -0.2) is 0 Å². The van der Waals surface area contributed by atoms with E-state index in [-0.39, 0.29) is 0 Å². The summed E-state index contributed by atoms with van der Waals surface area (Å²) in [7, 11) is 0. The lowest BCUT2D eigenvalue weighted by Crippen LogP contribution is -2.02. The molecule has 3 heteroatoms. The van der Waals surface area contributed by atoms with Gasteiger partial charge in [-0.05, 0) is 12.5 Å². The lowest BCUT2D eigenvalue weighted by Gasteiger charge is -2.01. The Bertz CT molecular complexity index is 195. The van der Waals surface area contributed by atoms with Gasteiger partial charge in [0.15, 0.2) is 0 Å². The van der Waals surface area contributed by atoms with E-state index in [0.717, 1.165) is 18.7 Å². The molecule has 1 aromatic heterocycles. The first-order valence-corrected chi connectivity index (χ1v) is 4.13. The Morgan fingerprint density at radius 1 is 1.70 bits per heavy atom. The maximum absolute atomic E-state index is 4.18. The largest absolute Gasteiger partial charge is 0.269 e. The molecule has 0 atom stereocenters. The smallest absolute Gasteiger partial charge is 0.0492 e. The summed E-state index contributed by atoms with van der Waals surface area (Å²) in [5.41, 5.74) is 1.20. The average molecular weight is 156 g/mol. The van der Waals surface area contributed by atoms with Gasteiger partial charge in [0, 0.05) is 24.2 Å². The first kappa shape index (κ1) is 7.66. The van der Waals surface area contributed by atoms with Crippen molar-refractivity contribution >= 4 is 12.6 Å². The highest BCUT2D eigenvalue weighted by Crippen LogP contribution is 2.02. The van der Waals surface area contributed by atoms with Gasteiger partial charge in [0.1, 0.15) is 0 Å². The highest BCUT2D eigenvalue weighted by Gasteiger charge is 1.96. The minimum atomic E-state index is 0.778. The molecule has 0 aliphatic carbocycles. The topological polar surface area (TPSA) is 17.8 Å². The van der Waals surface area contributed by atoms with E-state index in [0.29, 0.717) is 0 Å². The highest BCUT2D eigenvalue weighted by atomic mass is 32.1. The Hall–Kier alpha value is -0.440. The molecule has 0 fully saturated rings. The molecule has 1 heterocycles. The van der Waals surface area contributed by atoms with Crippen molar-refractivity contribution < 1.29 is 0 Å². The third-order valence-electron chi connectivity index (χ3n) is 1.40. The summed E-state index contributed by atoms with van der Waals surface area (Å²) in [4.78, 5) is 0. The summed E-state index contributed by atoms with van der Waals surface area (Å²) in [5.74, 6) is 0.778. The second kappa shape index (κ2) is 3.66. The van der Waals surface area contributed by atoms with Crippen molar-refractivity contribution in [1.82, 2.24) is 9.78 Å². The molecule has 0 amide bonds. The fourth-order valence-corrected chi connectivity index (χ4v) is 1.18. The standard InChI is InChI=1S/C7H12N2S/c1-2-5-9-7(6-10)3-4-8-9/h3-4,10H,2,5-6H2,1H3. The van der Waals surface area contributed by atoms with Gasteiger partial charge in [-0.15, -0.1) is 0 Å². The van der Waals surface area contributed by atoms with Crippen molar-refractivity contribution in [2.24, 2.45) is 0 Å². The van der Waals surface area contributed by atoms with Crippen LogP contribution in [0.15, 0.2) is 12.3 Å². The van der Waals surface area contributed by atoms with E-state index in [1.165, 1.54) is 5.69 Å². The molecular formula is C7H12N2S. The van der Waals surface area contributed by atoms with E-state index in [2.05, 4.69) is 24.7 Å². The van der Waals surface area contributed by atoms with Crippen LogP contribution in [-0.2, 0) is 12.3 Å². The second-order valence-corrected chi connectivity index (χ2v) is 2.52. The molecule has 0 saturated carbocycles. The Kier molecular flexibility index (Phi) is 2.81. The zero-order valence-corrected chi connectivity index (χ0v) is 7.01. The first-order valence-electron chi connectivity index (χ1n) is 3.50. The molecule has 10 heavy (non-hydrogen) atoms. The SMILES string of the molecule is CCCn1nccc1CS. The van der Waals surface area contributed by atoms with Gasteiger partial charge in [0.25, 0.3) is 0 Å². The zero-order chi connectivity index (χ0) is 7.40. The minimum absolute atomic E-state index is 0.778. The van der Waals surface area contributed by atoms with Gasteiger partial charge in [-0.3, -0.25) is 4.68 Å². The Morgan fingerprint density at radius 3 is 3.10 bits per heavy atom. The van der Waals surface area contributed by atoms with Crippen molar-refractivity contribution in [3.8, 4) is 0 Å². The molecule has 0 bridgehead atoms. The van der Waals surface area contributed by atoms with Crippen molar-refractivity contribution in [2.45, 2.75) is 25.6 Å². The second-order valence-electron chi connectivity index (χ2n) is 2.20. The Morgan fingerprint density at radius 2 is 2.50 bits per heavy atom. The number of thiol groups is 1. The van der Waals surface area contributed by atoms with Crippen molar-refractivity contribution in [1.29, 1.82) is 0 Å². The molecule has 0 spiro atoms. The maximum Gasteiger partial charge on any atom is 0.0492 e. The van der Waals surface area contributed by atoms with Crippen LogP contribution in [0.4, 0.5) is 0 Å². The normalized spacial score (nSPS) is 10.2. The van der Waals surface area contributed by atoms with Gasteiger partial charge < -0.3 is 0 Å². The van der Waals surface area contributed by atoms with Gasteiger partial charge in [-0.1, -0.05) is 6.92 Å². The molecule has 0 radical (unpaired) electrons. The zero-order valence-electron chi connectivity index (χ0n) is 6.12. The quantitative estimate of drug-likeness (QED) is 0.660. The van der Waals surface area contributed by atoms with Crippen LogP contribution < -0.4 is 0 Å². The van der Waals surface area contributed by atoms with Crippen LogP contribution in [0, 0.1) is 0 Å². The van der Waals surface area contributed by atoms with E-state index in [1.54, 1.807) is 0 Å². The highest BCUT2D eigenvalue weighted by molar-refractivity contribution is 7.79. The van der Waals surface area contributed by atoms with Crippen LogP contribution in [0.2, 0.25) is 0 Å². The molecule has 0 aliphatic rings. The van der Waals surface area contributed by atoms with E-state index in [4.69, 9.17) is 0 Å². The molecule has 0 unspecified atom stereocenters. The van der Waals surface area contributed by atoms with Crippen molar-refractivity contribution in [2.75, 3.05) is 0 Å². The lowest BCUT2D eigenvalue weighted by atomic mass is 10.4. The van der Waals surface area contributed by atoms with E-state index < -0.39 is 0 Å². The molecule has 0 N–H and O–H groups in total. The maximum atomic E-state index is 4.18. The first-order chi connectivity index (χ1) is 4.88. The van der Waals surface area contributed by atoms with Crippen molar-refractivity contribution in [3.63, 3.8) is 0 Å². The van der Waals surface area contributed by atoms with E-state index in [9.17, 15) is 0 Å². The molecule has 0 aliphatic heterocycles. The van der Waals surface area contributed by atoms with Crippen LogP contribution in [-0.4, -0.2) is 9.78 Å². The fourth-order valence-electron chi connectivity index (χ4n) is 0.908. The van der Waals surface area contributed by atoms with Crippen LogP contribution >= 0.6 is 12.6 Å². The number of hydrogen-bond donors (Lipinski definition) is 1. The van der Waals surface area contributed by atoms with Crippen LogP contribution in [0.5, 0.6) is 0 Å². The summed E-state index contributed by atoms with van der Waals surface area (Å²) in [6, 6.07) is 2.00. The molecule has 1 rings (SSSR count). The molecule has 0 aromatic carbocycles. The number of rotatable bonds is 3. The third-order valence-corrected chi connectivity index (χ3v) is 1.73. The predicted molar refractivity (Wildman–Crippen MR) is 45.2 cm³/mol. The molecule has 56 valence electrons. The summed E-state index contributed by atoms with van der Waals surface area (Å²) in [6.07, 6.45) is 2.95. The number of aryl methyl sites for hydroxylation is 1. The van der Waals surface area contributed by atoms with Crippen LogP contribution in [0.25, 0.3) is 0 Å². The lowest BCUT2D eigenvalue weighted by molar-refractivity contribution is 0.585. The molecular weight excluding hydrogens is 144 g/mol. The molecule has 2 nitrogen and oxygen atoms in total.